The molecular formula is C17H29P. The van der Waals surface area contributed by atoms with Crippen LogP contribution in [0.3, 0.4) is 0 Å². The smallest absolute Gasteiger partial charge is 0.0114 e. The van der Waals surface area contributed by atoms with Gasteiger partial charge in [-0.05, 0) is 73.5 Å². The molecule has 0 aromatic carbocycles. The highest BCUT2D eigenvalue weighted by Crippen LogP contribution is 2.62. The van der Waals surface area contributed by atoms with Crippen LogP contribution in [-0.2, 0) is 0 Å². The molecule has 0 heterocycles. The molecule has 1 unspecified atom stereocenters. The minimum Gasteiger partial charge on any atom is -0.115 e. The third-order valence-corrected chi connectivity index (χ3v) is 8.67. The van der Waals surface area contributed by atoms with Crippen molar-refractivity contribution in [2.24, 2.45) is 23.7 Å². The molecule has 1 heteroatoms. The second kappa shape index (κ2) is 4.76. The second-order valence-electron chi connectivity index (χ2n) is 8.08. The SMILES string of the molecule is C1CCC(CPC23CC4CC(CC(C4)C2)C3)CC1. The molecule has 0 nitrogen and oxygen atoms in total. The van der Waals surface area contributed by atoms with Gasteiger partial charge in [0, 0.05) is 0 Å². The first-order valence-corrected chi connectivity index (χ1v) is 9.77. The zero-order chi connectivity index (χ0) is 12.0. The highest BCUT2D eigenvalue weighted by Gasteiger charge is 2.50. The second-order valence-corrected chi connectivity index (χ2v) is 9.91. The molecule has 0 radical (unpaired) electrons. The minimum absolute atomic E-state index is 0.881. The van der Waals surface area contributed by atoms with Crippen LogP contribution in [0.1, 0.15) is 70.6 Å². The van der Waals surface area contributed by atoms with E-state index in [2.05, 4.69) is 0 Å². The lowest BCUT2D eigenvalue weighted by Crippen LogP contribution is -2.48. The fourth-order valence-electron chi connectivity index (χ4n) is 6.08. The molecular weight excluding hydrogens is 235 g/mol. The largest absolute Gasteiger partial charge is 0.115 e. The molecule has 0 aromatic rings. The van der Waals surface area contributed by atoms with Crippen molar-refractivity contribution in [2.75, 3.05) is 6.16 Å². The van der Waals surface area contributed by atoms with Crippen LogP contribution in [0.15, 0.2) is 0 Å². The Labute approximate surface area is 114 Å². The molecule has 0 aromatic heterocycles. The van der Waals surface area contributed by atoms with Gasteiger partial charge < -0.3 is 0 Å². The summed E-state index contributed by atoms with van der Waals surface area (Å²) in [4.78, 5) is 0. The first-order chi connectivity index (χ1) is 8.81. The lowest BCUT2D eigenvalue weighted by atomic mass is 9.56. The minimum atomic E-state index is 0.881. The fraction of sp³-hybridized carbons (Fsp3) is 1.00. The monoisotopic (exact) mass is 264 g/mol. The van der Waals surface area contributed by atoms with E-state index in [0.717, 1.165) is 28.8 Å². The van der Waals surface area contributed by atoms with E-state index in [1.807, 2.05) is 0 Å². The van der Waals surface area contributed by atoms with Gasteiger partial charge in [-0.3, -0.25) is 0 Å². The first kappa shape index (κ1) is 12.2. The van der Waals surface area contributed by atoms with Gasteiger partial charge in [0.15, 0.2) is 0 Å². The molecule has 18 heavy (non-hydrogen) atoms. The quantitative estimate of drug-likeness (QED) is 0.613. The van der Waals surface area contributed by atoms with Crippen molar-refractivity contribution in [3.63, 3.8) is 0 Å². The maximum Gasteiger partial charge on any atom is -0.0114 e. The van der Waals surface area contributed by atoms with E-state index in [-0.39, 0.29) is 0 Å². The molecule has 5 aliphatic carbocycles. The maximum atomic E-state index is 1.64. The van der Waals surface area contributed by atoms with Crippen molar-refractivity contribution in [3.05, 3.63) is 0 Å². The number of hydrogen-bond acceptors (Lipinski definition) is 0. The number of rotatable bonds is 3. The Hall–Kier alpha value is 0.430. The van der Waals surface area contributed by atoms with Gasteiger partial charge in [0.2, 0.25) is 0 Å². The normalized spacial score (nSPS) is 48.3. The predicted octanol–water partition coefficient (Wildman–Crippen LogP) is 5.21. The van der Waals surface area contributed by atoms with Gasteiger partial charge in [-0.15, -0.1) is 8.58 Å². The molecule has 5 fully saturated rings. The summed E-state index contributed by atoms with van der Waals surface area (Å²) in [5, 5.41) is 0.881. The van der Waals surface area contributed by atoms with Gasteiger partial charge in [0.05, 0.1) is 0 Å². The highest BCUT2D eigenvalue weighted by atomic mass is 31.1. The summed E-state index contributed by atoms with van der Waals surface area (Å²) in [5.41, 5.74) is 0. The summed E-state index contributed by atoms with van der Waals surface area (Å²) in [7, 11) is 1.34. The third kappa shape index (κ3) is 2.28. The van der Waals surface area contributed by atoms with E-state index < -0.39 is 0 Å². The van der Waals surface area contributed by atoms with Crippen molar-refractivity contribution in [2.45, 2.75) is 75.8 Å². The summed E-state index contributed by atoms with van der Waals surface area (Å²) in [6, 6.07) is 0. The summed E-state index contributed by atoms with van der Waals surface area (Å²) in [6.45, 7) is 0. The van der Waals surface area contributed by atoms with Crippen molar-refractivity contribution in [1.82, 2.24) is 0 Å². The van der Waals surface area contributed by atoms with E-state index in [1.54, 1.807) is 57.5 Å². The zero-order valence-corrected chi connectivity index (χ0v) is 12.8. The topological polar surface area (TPSA) is 0 Å². The molecule has 1 atom stereocenters. The summed E-state index contributed by atoms with van der Waals surface area (Å²) >= 11 is 0. The van der Waals surface area contributed by atoms with E-state index >= 15 is 0 Å². The van der Waals surface area contributed by atoms with Crippen LogP contribution in [0.25, 0.3) is 0 Å². The van der Waals surface area contributed by atoms with Crippen LogP contribution in [0.5, 0.6) is 0 Å². The third-order valence-electron chi connectivity index (χ3n) is 6.53. The number of hydrogen-bond donors (Lipinski definition) is 0. The Morgan fingerprint density at radius 3 is 1.89 bits per heavy atom. The van der Waals surface area contributed by atoms with Crippen molar-refractivity contribution >= 4 is 8.58 Å². The Bertz CT molecular complexity index is 267. The molecule has 5 saturated carbocycles. The Balaban J connectivity index is 1.38. The van der Waals surface area contributed by atoms with E-state index in [1.165, 1.54) is 27.8 Å². The Kier molecular flexibility index (Phi) is 3.23. The van der Waals surface area contributed by atoms with Crippen LogP contribution in [0.4, 0.5) is 0 Å². The molecule has 0 amide bonds. The average Bonchev–Trinajstić information content (AvgIpc) is 2.36. The van der Waals surface area contributed by atoms with Crippen molar-refractivity contribution < 1.29 is 0 Å². The van der Waals surface area contributed by atoms with Crippen LogP contribution in [0, 0.1) is 23.7 Å². The van der Waals surface area contributed by atoms with Gasteiger partial charge >= 0.3 is 0 Å². The van der Waals surface area contributed by atoms with Crippen LogP contribution < -0.4 is 0 Å². The average molecular weight is 264 g/mol. The van der Waals surface area contributed by atoms with Crippen molar-refractivity contribution in [1.29, 1.82) is 0 Å². The van der Waals surface area contributed by atoms with E-state index in [9.17, 15) is 0 Å². The maximum absolute atomic E-state index is 1.64. The van der Waals surface area contributed by atoms with Crippen LogP contribution >= 0.6 is 8.58 Å². The zero-order valence-electron chi connectivity index (χ0n) is 11.8. The van der Waals surface area contributed by atoms with Crippen molar-refractivity contribution in [3.8, 4) is 0 Å². The van der Waals surface area contributed by atoms with Gasteiger partial charge in [0.1, 0.15) is 0 Å². The van der Waals surface area contributed by atoms with Crippen LogP contribution in [-0.4, -0.2) is 11.3 Å². The molecule has 5 rings (SSSR count). The standard InChI is InChI=1S/C17H29P/c1-2-4-13(5-3-1)12-18-17-9-14-6-15(10-17)8-16(7-14)11-17/h13-16,18H,1-12H2. The van der Waals surface area contributed by atoms with Gasteiger partial charge in [-0.2, -0.15) is 0 Å². The molecule has 4 bridgehead atoms. The predicted molar refractivity (Wildman–Crippen MR) is 80.7 cm³/mol. The Morgan fingerprint density at radius 1 is 0.778 bits per heavy atom. The fourth-order valence-corrected chi connectivity index (χ4v) is 8.51. The van der Waals surface area contributed by atoms with Crippen LogP contribution in [0.2, 0.25) is 0 Å². The molecule has 0 spiro atoms. The highest BCUT2D eigenvalue weighted by molar-refractivity contribution is 7.40. The molecule has 0 N–H and O–H groups in total. The van der Waals surface area contributed by atoms with Gasteiger partial charge in [-0.25, -0.2) is 0 Å². The van der Waals surface area contributed by atoms with E-state index in [0.29, 0.717) is 0 Å². The van der Waals surface area contributed by atoms with Gasteiger partial charge in [0.25, 0.3) is 0 Å². The van der Waals surface area contributed by atoms with E-state index in [4.69, 9.17) is 0 Å². The molecule has 102 valence electrons. The Morgan fingerprint density at radius 2 is 1.33 bits per heavy atom. The molecule has 5 aliphatic rings. The molecule has 0 aliphatic heterocycles. The summed E-state index contributed by atoms with van der Waals surface area (Å²) < 4.78 is 0. The summed E-state index contributed by atoms with van der Waals surface area (Å²) in [6.07, 6.45) is 19.1. The van der Waals surface area contributed by atoms with Gasteiger partial charge in [-0.1, -0.05) is 32.1 Å². The summed E-state index contributed by atoms with van der Waals surface area (Å²) in [5.74, 6) is 4.62. The lowest BCUT2D eigenvalue weighted by molar-refractivity contribution is 0.0366. The first-order valence-electron chi connectivity index (χ1n) is 8.56. The molecule has 0 saturated heterocycles. The lowest BCUT2D eigenvalue weighted by Gasteiger charge is -2.57.